The van der Waals surface area contributed by atoms with Crippen molar-refractivity contribution in [2.45, 2.75) is 57.9 Å². The van der Waals surface area contributed by atoms with Crippen LogP contribution in [-0.2, 0) is 26.6 Å². The van der Waals surface area contributed by atoms with Crippen molar-refractivity contribution >= 4 is 41.5 Å². The number of imide groups is 1. The Labute approximate surface area is 266 Å². The molecule has 0 spiro atoms. The van der Waals surface area contributed by atoms with Crippen LogP contribution in [0.2, 0.25) is 6.32 Å². The molecule has 2 saturated heterocycles. The standard InChI is InChI=1S/C34H30BF6NO5/c1-17(11-19-8-9-27(43)24-6-4-3-5-23(19)24)7-10-28-29-18(2)12-25-30(26(29)16-35(46)47-28)32(45)42(31(25)44)22-14-20(33(36,37)38)13-21(15-22)34(39,40)41/h3-6,8-9,11,13-15,25-26,28,30,43,46H,7,10,12,16H2,1-2H3/b17-11+/t25-,26+,28-,30-/m1/s1. The van der Waals surface area contributed by atoms with Crippen LogP contribution in [0.1, 0.15) is 49.8 Å². The van der Waals surface area contributed by atoms with Crippen LogP contribution in [0, 0.1) is 17.8 Å². The molecule has 6 rings (SSSR count). The fourth-order valence-corrected chi connectivity index (χ4v) is 7.37. The maximum Gasteiger partial charge on any atom is 0.455 e. The number of aromatic hydroxyl groups is 1. The zero-order valence-corrected chi connectivity index (χ0v) is 25.3. The van der Waals surface area contributed by atoms with Gasteiger partial charge in [0.1, 0.15) is 5.75 Å². The minimum atomic E-state index is -5.15. The number of benzene rings is 3. The van der Waals surface area contributed by atoms with Gasteiger partial charge in [-0.25, -0.2) is 4.90 Å². The van der Waals surface area contributed by atoms with Gasteiger partial charge in [0.15, 0.2) is 0 Å². The van der Waals surface area contributed by atoms with E-state index in [0.29, 0.717) is 35.3 Å². The first-order valence-electron chi connectivity index (χ1n) is 15.1. The lowest BCUT2D eigenvalue weighted by atomic mass is 9.59. The van der Waals surface area contributed by atoms with Crippen LogP contribution < -0.4 is 4.90 Å². The largest absolute Gasteiger partial charge is 0.507 e. The van der Waals surface area contributed by atoms with Crippen molar-refractivity contribution < 1.29 is 50.7 Å². The predicted octanol–water partition coefficient (Wildman–Crippen LogP) is 7.79. The van der Waals surface area contributed by atoms with Crippen molar-refractivity contribution in [2.75, 3.05) is 4.90 Å². The van der Waals surface area contributed by atoms with Gasteiger partial charge in [0.25, 0.3) is 0 Å². The molecule has 2 N–H and O–H groups in total. The molecule has 1 aliphatic carbocycles. The number of carbonyl (C=O) groups excluding carboxylic acids is 2. The van der Waals surface area contributed by atoms with E-state index in [9.17, 15) is 46.1 Å². The highest BCUT2D eigenvalue weighted by Gasteiger charge is 2.57. The predicted molar refractivity (Wildman–Crippen MR) is 163 cm³/mol. The van der Waals surface area contributed by atoms with E-state index in [1.165, 1.54) is 0 Å². The van der Waals surface area contributed by atoms with Crippen LogP contribution in [0.15, 0.2) is 71.3 Å². The SMILES string of the molecule is CC1=C2[C@@H](CC/C(C)=C/c3ccc(O)c4ccccc34)OB(O)C[C@@H]2[C@@H]2C(=O)N(c3cc(C(F)(F)F)cc(C(F)(F)F)c3)C(=O)[C@@H]2C1. The molecule has 3 aliphatic rings. The molecule has 3 aromatic carbocycles. The maximum atomic E-state index is 13.8. The third-order valence-corrected chi connectivity index (χ3v) is 9.42. The first kappa shape index (κ1) is 32.8. The molecule has 3 aromatic rings. The van der Waals surface area contributed by atoms with Crippen LogP contribution in [0.3, 0.4) is 0 Å². The monoisotopic (exact) mass is 657 g/mol. The molecule has 0 saturated carbocycles. The second-order valence-electron chi connectivity index (χ2n) is 12.5. The number of rotatable bonds is 5. The molecule has 4 atom stereocenters. The summed E-state index contributed by atoms with van der Waals surface area (Å²) < 4.78 is 87.5. The van der Waals surface area contributed by atoms with Crippen molar-refractivity contribution in [3.05, 3.63) is 88.0 Å². The number of anilines is 1. The van der Waals surface area contributed by atoms with Gasteiger partial charge in [0.05, 0.1) is 34.8 Å². The van der Waals surface area contributed by atoms with Gasteiger partial charge < -0.3 is 14.8 Å². The van der Waals surface area contributed by atoms with Gasteiger partial charge in [0.2, 0.25) is 11.8 Å². The van der Waals surface area contributed by atoms with Crippen molar-refractivity contribution in [3.63, 3.8) is 0 Å². The second-order valence-corrected chi connectivity index (χ2v) is 12.5. The first-order valence-corrected chi connectivity index (χ1v) is 15.1. The van der Waals surface area contributed by atoms with Gasteiger partial charge in [-0.1, -0.05) is 47.6 Å². The lowest BCUT2D eigenvalue weighted by molar-refractivity contribution is -0.143. The van der Waals surface area contributed by atoms with E-state index < -0.39 is 72.0 Å². The second kappa shape index (κ2) is 11.9. The van der Waals surface area contributed by atoms with Crippen molar-refractivity contribution in [2.24, 2.45) is 17.8 Å². The Morgan fingerprint density at radius 1 is 0.957 bits per heavy atom. The summed E-state index contributed by atoms with van der Waals surface area (Å²) in [6.45, 7) is 3.70. The summed E-state index contributed by atoms with van der Waals surface area (Å²) in [4.78, 5) is 27.8. The molecule has 0 bridgehead atoms. The Balaban J connectivity index is 1.28. The van der Waals surface area contributed by atoms with E-state index in [1.54, 1.807) is 13.0 Å². The minimum Gasteiger partial charge on any atom is -0.507 e. The molecule has 0 radical (unpaired) electrons. The number of phenols is 1. The quantitative estimate of drug-likeness (QED) is 0.127. The number of carbonyl (C=O) groups is 2. The van der Waals surface area contributed by atoms with E-state index in [0.717, 1.165) is 27.7 Å². The normalized spacial score (nSPS) is 23.9. The summed E-state index contributed by atoms with van der Waals surface area (Å²) in [6, 6.07) is 11.6. The third-order valence-electron chi connectivity index (χ3n) is 9.42. The van der Waals surface area contributed by atoms with Crippen LogP contribution >= 0.6 is 0 Å². The molecule has 2 heterocycles. The lowest BCUT2D eigenvalue weighted by Gasteiger charge is -2.42. The summed E-state index contributed by atoms with van der Waals surface area (Å²) in [6.07, 6.45) is -8.00. The number of hydrogen-bond acceptors (Lipinski definition) is 5. The zero-order chi connectivity index (χ0) is 34.0. The summed E-state index contributed by atoms with van der Waals surface area (Å²) in [5.74, 6) is -4.38. The Hall–Kier alpha value is -4.10. The molecule has 2 fully saturated rings. The van der Waals surface area contributed by atoms with Crippen molar-refractivity contribution in [1.29, 1.82) is 0 Å². The number of nitrogens with zero attached hydrogens (tertiary/aromatic N) is 1. The maximum absolute atomic E-state index is 13.8. The molecule has 47 heavy (non-hydrogen) atoms. The molecular weight excluding hydrogens is 627 g/mol. The Bertz CT molecular complexity index is 1800. The number of phenolic OH excluding ortho intramolecular Hbond substituents is 1. The molecular formula is C34H30BF6NO5. The summed E-state index contributed by atoms with van der Waals surface area (Å²) in [7, 11) is -1.30. The highest BCUT2D eigenvalue weighted by atomic mass is 19.4. The Morgan fingerprint density at radius 3 is 2.23 bits per heavy atom. The molecule has 246 valence electrons. The molecule has 2 aliphatic heterocycles. The van der Waals surface area contributed by atoms with Crippen LogP contribution in [0.4, 0.5) is 32.0 Å². The molecule has 13 heteroatoms. The minimum absolute atomic E-state index is 0.0502. The zero-order valence-electron chi connectivity index (χ0n) is 25.3. The number of hydrogen-bond donors (Lipinski definition) is 2. The molecule has 6 nitrogen and oxygen atoms in total. The summed E-state index contributed by atoms with van der Waals surface area (Å²) >= 11 is 0. The van der Waals surface area contributed by atoms with Gasteiger partial charge in [-0.05, 0) is 86.1 Å². The highest BCUT2D eigenvalue weighted by Crippen LogP contribution is 2.52. The lowest BCUT2D eigenvalue weighted by Crippen LogP contribution is -2.46. The van der Waals surface area contributed by atoms with E-state index in [1.807, 2.05) is 43.3 Å². The van der Waals surface area contributed by atoms with Gasteiger partial charge in [0, 0.05) is 5.39 Å². The van der Waals surface area contributed by atoms with E-state index in [2.05, 4.69) is 0 Å². The smallest absolute Gasteiger partial charge is 0.455 e. The third kappa shape index (κ3) is 6.06. The Kier molecular flexibility index (Phi) is 8.28. The molecule has 2 amide bonds. The molecule has 0 aromatic heterocycles. The fourth-order valence-electron chi connectivity index (χ4n) is 7.37. The van der Waals surface area contributed by atoms with Gasteiger partial charge in [-0.15, -0.1) is 0 Å². The fraction of sp³-hybridized carbons (Fsp3) is 0.353. The number of halogens is 6. The van der Waals surface area contributed by atoms with Crippen molar-refractivity contribution in [1.82, 2.24) is 0 Å². The summed E-state index contributed by atoms with van der Waals surface area (Å²) in [5, 5.41) is 22.5. The van der Waals surface area contributed by atoms with E-state index in [4.69, 9.17) is 4.65 Å². The Morgan fingerprint density at radius 2 is 1.60 bits per heavy atom. The van der Waals surface area contributed by atoms with Crippen molar-refractivity contribution in [3.8, 4) is 5.75 Å². The highest BCUT2D eigenvalue weighted by molar-refractivity contribution is 6.43. The van der Waals surface area contributed by atoms with Gasteiger partial charge >= 0.3 is 19.5 Å². The number of allylic oxidation sites excluding steroid dienone is 2. The topological polar surface area (TPSA) is 87.1 Å². The first-order chi connectivity index (χ1) is 22.0. The van der Waals surface area contributed by atoms with Gasteiger partial charge in [-0.3, -0.25) is 9.59 Å². The average molecular weight is 657 g/mol. The molecule has 0 unspecified atom stereocenters. The van der Waals surface area contributed by atoms with E-state index >= 15 is 0 Å². The average Bonchev–Trinajstić information content (AvgIpc) is 3.25. The van der Waals surface area contributed by atoms with Gasteiger partial charge in [-0.2, -0.15) is 26.3 Å². The van der Waals surface area contributed by atoms with Crippen LogP contribution in [0.5, 0.6) is 5.75 Å². The summed E-state index contributed by atoms with van der Waals surface area (Å²) in [5.41, 5.74) is -0.715. The number of alkyl halides is 6. The van der Waals surface area contributed by atoms with Crippen LogP contribution in [0.25, 0.3) is 16.8 Å². The van der Waals surface area contributed by atoms with E-state index in [-0.39, 0.29) is 24.6 Å². The number of amides is 2. The number of fused-ring (bicyclic) bond motifs is 4. The van der Waals surface area contributed by atoms with Crippen LogP contribution in [-0.4, -0.2) is 35.2 Å².